The highest BCUT2D eigenvalue weighted by atomic mass is 79.9. The molecule has 2 aromatic carbocycles. The highest BCUT2D eigenvalue weighted by Crippen LogP contribution is 2.30. The Morgan fingerprint density at radius 1 is 1.07 bits per heavy atom. The number of nitrogens with zero attached hydrogens (tertiary/aromatic N) is 2. The SMILES string of the molecule is COc1ccc(CN(Cc2ccc(OC)c([N+](=O)[O-])c2)CC(C)(C)CN)cc1Br. The molecule has 0 saturated heterocycles. The van der Waals surface area contributed by atoms with Crippen LogP contribution in [-0.2, 0) is 13.1 Å². The van der Waals surface area contributed by atoms with Crippen LogP contribution in [0.2, 0.25) is 0 Å². The third-order valence-electron chi connectivity index (χ3n) is 4.67. The van der Waals surface area contributed by atoms with Gasteiger partial charge in [0.15, 0.2) is 5.75 Å². The van der Waals surface area contributed by atoms with Crippen LogP contribution in [0.5, 0.6) is 11.5 Å². The van der Waals surface area contributed by atoms with E-state index in [2.05, 4.69) is 34.7 Å². The van der Waals surface area contributed by atoms with Crippen molar-refractivity contribution in [3.05, 3.63) is 62.1 Å². The maximum atomic E-state index is 11.4. The van der Waals surface area contributed by atoms with Crippen molar-refractivity contribution in [1.29, 1.82) is 0 Å². The molecular weight excluding hydrogens is 438 g/mol. The molecule has 0 aliphatic carbocycles. The zero-order valence-corrected chi connectivity index (χ0v) is 18.9. The van der Waals surface area contributed by atoms with E-state index in [1.807, 2.05) is 24.3 Å². The Balaban J connectivity index is 2.30. The molecule has 0 amide bonds. The molecule has 0 radical (unpaired) electrons. The fourth-order valence-electron chi connectivity index (χ4n) is 3.14. The third-order valence-corrected chi connectivity index (χ3v) is 5.29. The summed E-state index contributed by atoms with van der Waals surface area (Å²) in [6.45, 7) is 6.73. The standard InChI is InChI=1S/C21H28BrN3O4/c1-21(2,13-23)14-24(11-15-5-7-19(28-3)17(22)9-15)12-16-6-8-20(29-4)18(10-16)25(26)27/h5-10H,11-14,23H2,1-4H3. The van der Waals surface area contributed by atoms with Gasteiger partial charge in [0.1, 0.15) is 5.75 Å². The van der Waals surface area contributed by atoms with E-state index < -0.39 is 4.92 Å². The summed E-state index contributed by atoms with van der Waals surface area (Å²) in [5.41, 5.74) is 7.77. The predicted molar refractivity (Wildman–Crippen MR) is 117 cm³/mol. The fourth-order valence-corrected chi connectivity index (χ4v) is 3.73. The van der Waals surface area contributed by atoms with Crippen LogP contribution < -0.4 is 15.2 Å². The lowest BCUT2D eigenvalue weighted by molar-refractivity contribution is -0.385. The van der Waals surface area contributed by atoms with Gasteiger partial charge >= 0.3 is 5.69 Å². The van der Waals surface area contributed by atoms with Crippen LogP contribution in [0, 0.1) is 15.5 Å². The van der Waals surface area contributed by atoms with Gasteiger partial charge in [-0.15, -0.1) is 0 Å². The van der Waals surface area contributed by atoms with Crippen molar-refractivity contribution in [2.45, 2.75) is 26.9 Å². The first-order valence-corrected chi connectivity index (χ1v) is 10.0. The van der Waals surface area contributed by atoms with Gasteiger partial charge in [-0.1, -0.05) is 26.0 Å². The molecule has 2 N–H and O–H groups in total. The zero-order chi connectivity index (χ0) is 21.6. The average molecular weight is 466 g/mol. The van der Waals surface area contributed by atoms with Crippen LogP contribution in [0.4, 0.5) is 5.69 Å². The number of benzene rings is 2. The second-order valence-electron chi connectivity index (χ2n) is 7.75. The van der Waals surface area contributed by atoms with E-state index in [1.54, 1.807) is 19.2 Å². The summed E-state index contributed by atoms with van der Waals surface area (Å²) in [6.07, 6.45) is 0. The second-order valence-corrected chi connectivity index (χ2v) is 8.60. The first kappa shape index (κ1) is 23.1. The van der Waals surface area contributed by atoms with Gasteiger partial charge in [-0.3, -0.25) is 15.0 Å². The second kappa shape index (κ2) is 10.0. The smallest absolute Gasteiger partial charge is 0.311 e. The molecule has 0 spiro atoms. The van der Waals surface area contributed by atoms with Crippen LogP contribution in [0.15, 0.2) is 40.9 Å². The molecule has 2 aromatic rings. The van der Waals surface area contributed by atoms with Gasteiger partial charge in [-0.2, -0.15) is 0 Å². The quantitative estimate of drug-likeness (QED) is 0.413. The molecule has 29 heavy (non-hydrogen) atoms. The summed E-state index contributed by atoms with van der Waals surface area (Å²) in [7, 11) is 3.06. The largest absolute Gasteiger partial charge is 0.496 e. The predicted octanol–water partition coefficient (Wildman–Crippen LogP) is 4.36. The summed E-state index contributed by atoms with van der Waals surface area (Å²) in [5.74, 6) is 1.03. The minimum Gasteiger partial charge on any atom is -0.496 e. The summed E-state index contributed by atoms with van der Waals surface area (Å²) < 4.78 is 11.3. The molecule has 2 rings (SSSR count). The van der Waals surface area contributed by atoms with Crippen molar-refractivity contribution in [3.8, 4) is 11.5 Å². The Bertz CT molecular complexity index is 858. The van der Waals surface area contributed by atoms with Crippen LogP contribution in [0.3, 0.4) is 0 Å². The lowest BCUT2D eigenvalue weighted by Crippen LogP contribution is -2.38. The molecule has 0 heterocycles. The maximum absolute atomic E-state index is 11.4. The van der Waals surface area contributed by atoms with Gasteiger partial charge in [0.2, 0.25) is 0 Å². The number of hydrogen-bond acceptors (Lipinski definition) is 6. The van der Waals surface area contributed by atoms with Crippen molar-refractivity contribution in [3.63, 3.8) is 0 Å². The van der Waals surface area contributed by atoms with Gasteiger partial charge in [0, 0.05) is 25.7 Å². The van der Waals surface area contributed by atoms with E-state index in [1.165, 1.54) is 7.11 Å². The van der Waals surface area contributed by atoms with Crippen LogP contribution in [-0.4, -0.2) is 37.1 Å². The Morgan fingerprint density at radius 3 is 2.10 bits per heavy atom. The molecule has 7 nitrogen and oxygen atoms in total. The number of halogens is 1. The summed E-state index contributed by atoms with van der Waals surface area (Å²) in [4.78, 5) is 13.2. The highest BCUT2D eigenvalue weighted by Gasteiger charge is 2.22. The Hall–Kier alpha value is -2.16. The van der Waals surface area contributed by atoms with Crippen molar-refractivity contribution < 1.29 is 14.4 Å². The topological polar surface area (TPSA) is 90.9 Å². The van der Waals surface area contributed by atoms with Crippen molar-refractivity contribution in [2.75, 3.05) is 27.3 Å². The van der Waals surface area contributed by atoms with Crippen LogP contribution in [0.25, 0.3) is 0 Å². The third kappa shape index (κ3) is 6.42. The molecular formula is C21H28BrN3O4. The van der Waals surface area contributed by atoms with Crippen LogP contribution in [0.1, 0.15) is 25.0 Å². The van der Waals surface area contributed by atoms with E-state index in [0.717, 1.165) is 27.9 Å². The molecule has 0 saturated carbocycles. The first-order chi connectivity index (χ1) is 13.7. The molecule has 0 aromatic heterocycles. The summed E-state index contributed by atoms with van der Waals surface area (Å²) in [5, 5.41) is 11.4. The van der Waals surface area contributed by atoms with E-state index in [4.69, 9.17) is 15.2 Å². The number of ether oxygens (including phenoxy) is 2. The van der Waals surface area contributed by atoms with Gasteiger partial charge in [0.05, 0.1) is 23.6 Å². The molecule has 0 fully saturated rings. The number of nitrogens with two attached hydrogens (primary N) is 1. The fraction of sp³-hybridized carbons (Fsp3) is 0.429. The number of methoxy groups -OCH3 is 2. The van der Waals surface area contributed by atoms with Gasteiger partial charge in [0.25, 0.3) is 0 Å². The molecule has 0 aliphatic heterocycles. The lowest BCUT2D eigenvalue weighted by Gasteiger charge is -2.32. The Labute approximate surface area is 180 Å². The number of rotatable bonds is 10. The van der Waals surface area contributed by atoms with Crippen LogP contribution >= 0.6 is 15.9 Å². The first-order valence-electron chi connectivity index (χ1n) is 9.25. The van der Waals surface area contributed by atoms with Gasteiger partial charge < -0.3 is 15.2 Å². The minimum absolute atomic E-state index is 0.0322. The molecule has 0 bridgehead atoms. The normalized spacial score (nSPS) is 11.6. The van der Waals surface area contributed by atoms with E-state index in [-0.39, 0.29) is 16.9 Å². The summed E-state index contributed by atoms with van der Waals surface area (Å²) >= 11 is 3.53. The lowest BCUT2D eigenvalue weighted by atomic mass is 9.92. The number of hydrogen-bond donors (Lipinski definition) is 1. The van der Waals surface area contributed by atoms with Crippen molar-refractivity contribution >= 4 is 21.6 Å². The monoisotopic (exact) mass is 465 g/mol. The Morgan fingerprint density at radius 2 is 1.62 bits per heavy atom. The molecule has 158 valence electrons. The maximum Gasteiger partial charge on any atom is 0.311 e. The average Bonchev–Trinajstić information content (AvgIpc) is 2.67. The molecule has 0 atom stereocenters. The number of nitro groups is 1. The van der Waals surface area contributed by atoms with Crippen molar-refractivity contribution in [2.24, 2.45) is 11.1 Å². The molecule has 0 unspecified atom stereocenters. The van der Waals surface area contributed by atoms with Gasteiger partial charge in [-0.05, 0) is 57.2 Å². The summed E-state index contributed by atoms with van der Waals surface area (Å²) in [6, 6.07) is 11.0. The Kier molecular flexibility index (Phi) is 8.01. The zero-order valence-electron chi connectivity index (χ0n) is 17.3. The molecule has 0 aliphatic rings. The highest BCUT2D eigenvalue weighted by molar-refractivity contribution is 9.10. The minimum atomic E-state index is -0.420. The van der Waals surface area contributed by atoms with Gasteiger partial charge in [-0.25, -0.2) is 0 Å². The van der Waals surface area contributed by atoms with E-state index >= 15 is 0 Å². The molecule has 8 heteroatoms. The number of nitro benzene ring substituents is 1. The van der Waals surface area contributed by atoms with Crippen molar-refractivity contribution in [1.82, 2.24) is 4.90 Å². The van der Waals surface area contributed by atoms with E-state index in [9.17, 15) is 10.1 Å². The van der Waals surface area contributed by atoms with E-state index in [0.29, 0.717) is 19.6 Å².